The second-order valence-electron chi connectivity index (χ2n) is 5.31. The van der Waals surface area contributed by atoms with Gasteiger partial charge in [-0.1, -0.05) is 42.1 Å². The molecule has 0 bridgehead atoms. The van der Waals surface area contributed by atoms with Crippen molar-refractivity contribution in [1.29, 1.82) is 0 Å². The molecule has 1 N–H and O–H groups in total. The highest BCUT2D eigenvalue weighted by Gasteiger charge is 2.17. The molecular weight excluding hydrogens is 306 g/mol. The van der Waals surface area contributed by atoms with Crippen LogP contribution in [0.5, 0.6) is 0 Å². The molecule has 4 nitrogen and oxygen atoms in total. The Labute approximate surface area is 139 Å². The van der Waals surface area contributed by atoms with Crippen molar-refractivity contribution in [3.05, 3.63) is 60.4 Å². The third-order valence-corrected chi connectivity index (χ3v) is 4.57. The van der Waals surface area contributed by atoms with Gasteiger partial charge in [0, 0.05) is 11.1 Å². The average molecular weight is 323 g/mol. The molecule has 0 radical (unpaired) electrons. The molecule has 2 aromatic carbocycles. The molecule has 1 amide bonds. The number of fused-ring (bicyclic) bond motifs is 1. The van der Waals surface area contributed by atoms with Gasteiger partial charge in [0.25, 0.3) is 0 Å². The van der Waals surface area contributed by atoms with Crippen LogP contribution in [0.2, 0.25) is 0 Å². The van der Waals surface area contributed by atoms with Crippen molar-refractivity contribution in [2.24, 2.45) is 0 Å². The summed E-state index contributed by atoms with van der Waals surface area (Å²) in [4.78, 5) is 21.0. The minimum atomic E-state index is -0.256. The summed E-state index contributed by atoms with van der Waals surface area (Å²) in [5.74, 6) is -0.0386. The Bertz CT molecular complexity index is 845. The Morgan fingerprint density at radius 3 is 2.78 bits per heavy atom. The predicted molar refractivity (Wildman–Crippen MR) is 94.7 cm³/mol. The third-order valence-electron chi connectivity index (χ3n) is 3.45. The second-order valence-corrected chi connectivity index (χ2v) is 6.64. The van der Waals surface area contributed by atoms with E-state index >= 15 is 0 Å². The summed E-state index contributed by atoms with van der Waals surface area (Å²) < 4.78 is 0. The Morgan fingerprint density at radius 1 is 1.13 bits per heavy atom. The van der Waals surface area contributed by atoms with Crippen LogP contribution in [0.1, 0.15) is 12.5 Å². The fourth-order valence-corrected chi connectivity index (χ4v) is 3.17. The highest BCUT2D eigenvalue weighted by molar-refractivity contribution is 8.00. The van der Waals surface area contributed by atoms with E-state index < -0.39 is 0 Å². The Kier molecular flexibility index (Phi) is 4.57. The van der Waals surface area contributed by atoms with Gasteiger partial charge in [0.2, 0.25) is 5.91 Å². The zero-order chi connectivity index (χ0) is 16.2. The molecule has 3 rings (SSSR count). The van der Waals surface area contributed by atoms with Gasteiger partial charge in [-0.25, -0.2) is 9.97 Å². The Morgan fingerprint density at radius 2 is 1.96 bits per heavy atom. The molecule has 23 heavy (non-hydrogen) atoms. The van der Waals surface area contributed by atoms with Gasteiger partial charge >= 0.3 is 0 Å². The van der Waals surface area contributed by atoms with Gasteiger partial charge in [-0.15, -0.1) is 0 Å². The number of amides is 1. The van der Waals surface area contributed by atoms with Crippen LogP contribution in [-0.4, -0.2) is 21.1 Å². The maximum absolute atomic E-state index is 12.4. The molecule has 0 aliphatic carbocycles. The molecule has 0 aliphatic rings. The molecule has 1 heterocycles. The number of nitrogens with one attached hydrogen (secondary N) is 1. The lowest BCUT2D eigenvalue weighted by atomic mass is 10.2. The summed E-state index contributed by atoms with van der Waals surface area (Å²) in [6, 6.07) is 15.6. The molecule has 0 saturated carbocycles. The fraction of sp³-hybridized carbons (Fsp3) is 0.167. The highest BCUT2D eigenvalue weighted by atomic mass is 32.2. The maximum Gasteiger partial charge on any atom is 0.237 e. The van der Waals surface area contributed by atoms with Gasteiger partial charge in [-0.2, -0.15) is 0 Å². The number of carbonyl (C=O) groups excluding carboxylic acids is 1. The van der Waals surface area contributed by atoms with E-state index in [-0.39, 0.29) is 11.2 Å². The summed E-state index contributed by atoms with van der Waals surface area (Å²) >= 11 is 1.44. The van der Waals surface area contributed by atoms with Gasteiger partial charge in [-0.3, -0.25) is 4.79 Å². The quantitative estimate of drug-likeness (QED) is 0.581. The lowest BCUT2D eigenvalue weighted by Crippen LogP contribution is -2.22. The van der Waals surface area contributed by atoms with Crippen molar-refractivity contribution >= 4 is 34.3 Å². The SMILES string of the molecule is Cc1cccc(NC(=O)[C@@H](C)Sc2ncnc3ccccc23)c1. The molecule has 0 fully saturated rings. The average Bonchev–Trinajstić information content (AvgIpc) is 2.55. The number of benzene rings is 2. The van der Waals surface area contributed by atoms with Gasteiger partial charge in [-0.05, 0) is 37.6 Å². The maximum atomic E-state index is 12.4. The minimum absolute atomic E-state index is 0.0386. The largest absolute Gasteiger partial charge is 0.325 e. The summed E-state index contributed by atoms with van der Waals surface area (Å²) in [5, 5.41) is 4.48. The van der Waals surface area contributed by atoms with Crippen molar-refractivity contribution in [2.75, 3.05) is 5.32 Å². The number of anilines is 1. The van der Waals surface area contributed by atoms with E-state index in [2.05, 4.69) is 15.3 Å². The molecule has 3 aromatic rings. The van der Waals surface area contributed by atoms with Crippen LogP contribution < -0.4 is 5.32 Å². The number of thioether (sulfide) groups is 1. The van der Waals surface area contributed by atoms with Crippen molar-refractivity contribution in [1.82, 2.24) is 9.97 Å². The van der Waals surface area contributed by atoms with E-state index in [1.54, 1.807) is 0 Å². The summed E-state index contributed by atoms with van der Waals surface area (Å²) in [7, 11) is 0. The smallest absolute Gasteiger partial charge is 0.237 e. The van der Waals surface area contributed by atoms with Crippen LogP contribution >= 0.6 is 11.8 Å². The molecule has 0 spiro atoms. The molecule has 0 unspecified atom stereocenters. The van der Waals surface area contributed by atoms with Crippen LogP contribution in [0.25, 0.3) is 10.9 Å². The Balaban J connectivity index is 1.75. The lowest BCUT2D eigenvalue weighted by Gasteiger charge is -2.13. The molecule has 1 atom stereocenters. The second kappa shape index (κ2) is 6.79. The number of aryl methyl sites for hydroxylation is 1. The van der Waals surface area contributed by atoms with Crippen LogP contribution in [0.3, 0.4) is 0 Å². The van der Waals surface area contributed by atoms with Crippen LogP contribution in [0.4, 0.5) is 5.69 Å². The standard InChI is InChI=1S/C18H17N3OS/c1-12-6-5-7-14(10-12)21-17(22)13(2)23-18-15-8-3-4-9-16(15)19-11-20-18/h3-11,13H,1-2H3,(H,21,22)/t13-/m1/s1. The first-order valence-corrected chi connectivity index (χ1v) is 8.25. The number of hydrogen-bond acceptors (Lipinski definition) is 4. The summed E-state index contributed by atoms with van der Waals surface area (Å²) in [6.45, 7) is 3.88. The van der Waals surface area contributed by atoms with Crippen LogP contribution in [0, 0.1) is 6.92 Å². The monoisotopic (exact) mass is 323 g/mol. The van der Waals surface area contributed by atoms with Gasteiger partial charge in [0.15, 0.2) is 0 Å². The fourth-order valence-electron chi connectivity index (χ4n) is 2.26. The molecule has 0 aliphatic heterocycles. The number of para-hydroxylation sites is 1. The van der Waals surface area contributed by atoms with E-state index in [0.717, 1.165) is 27.2 Å². The Hall–Kier alpha value is -2.40. The third kappa shape index (κ3) is 3.68. The van der Waals surface area contributed by atoms with Crippen LogP contribution in [0.15, 0.2) is 59.9 Å². The van der Waals surface area contributed by atoms with E-state index in [1.807, 2.05) is 62.4 Å². The lowest BCUT2D eigenvalue weighted by molar-refractivity contribution is -0.115. The molecule has 5 heteroatoms. The first-order valence-electron chi connectivity index (χ1n) is 7.37. The van der Waals surface area contributed by atoms with E-state index in [4.69, 9.17) is 0 Å². The minimum Gasteiger partial charge on any atom is -0.325 e. The summed E-state index contributed by atoms with van der Waals surface area (Å²) in [6.07, 6.45) is 1.54. The van der Waals surface area contributed by atoms with Gasteiger partial charge in [0.1, 0.15) is 11.4 Å². The van der Waals surface area contributed by atoms with E-state index in [9.17, 15) is 4.79 Å². The highest BCUT2D eigenvalue weighted by Crippen LogP contribution is 2.28. The molecular formula is C18H17N3OS. The summed E-state index contributed by atoms with van der Waals surface area (Å²) in [5.41, 5.74) is 2.82. The van der Waals surface area contributed by atoms with Crippen molar-refractivity contribution in [3.8, 4) is 0 Å². The zero-order valence-corrected chi connectivity index (χ0v) is 13.8. The molecule has 116 valence electrons. The van der Waals surface area contributed by atoms with Crippen molar-refractivity contribution in [3.63, 3.8) is 0 Å². The van der Waals surface area contributed by atoms with Gasteiger partial charge in [0.05, 0.1) is 10.8 Å². The van der Waals surface area contributed by atoms with E-state index in [0.29, 0.717) is 0 Å². The number of hydrogen-bond donors (Lipinski definition) is 1. The van der Waals surface area contributed by atoms with E-state index in [1.165, 1.54) is 18.1 Å². The number of aromatic nitrogens is 2. The number of nitrogens with zero attached hydrogens (tertiary/aromatic N) is 2. The molecule has 1 aromatic heterocycles. The first kappa shape index (κ1) is 15.5. The van der Waals surface area contributed by atoms with Crippen molar-refractivity contribution < 1.29 is 4.79 Å². The van der Waals surface area contributed by atoms with Crippen molar-refractivity contribution in [2.45, 2.75) is 24.1 Å². The normalized spacial score (nSPS) is 12.1. The van der Waals surface area contributed by atoms with Crippen LogP contribution in [-0.2, 0) is 4.79 Å². The topological polar surface area (TPSA) is 54.9 Å². The first-order chi connectivity index (χ1) is 11.1. The predicted octanol–water partition coefficient (Wildman–Crippen LogP) is 4.06. The van der Waals surface area contributed by atoms with Gasteiger partial charge < -0.3 is 5.32 Å². The number of rotatable bonds is 4. The zero-order valence-electron chi connectivity index (χ0n) is 13.0. The molecule has 0 saturated heterocycles. The number of carbonyl (C=O) groups is 1.